The molecule has 0 aliphatic carbocycles. The third kappa shape index (κ3) is 4.97. The first kappa shape index (κ1) is 16.2. The van der Waals surface area contributed by atoms with Crippen LogP contribution in [0.4, 0.5) is 5.69 Å². The van der Waals surface area contributed by atoms with Crippen LogP contribution in [0.15, 0.2) is 48.8 Å². The van der Waals surface area contributed by atoms with Crippen molar-refractivity contribution in [3.8, 4) is 0 Å². The second-order valence-electron chi connectivity index (χ2n) is 6.33. The van der Waals surface area contributed by atoms with Gasteiger partial charge in [-0.3, -0.25) is 9.78 Å². The van der Waals surface area contributed by atoms with Gasteiger partial charge in [0.05, 0.1) is 6.54 Å². The van der Waals surface area contributed by atoms with Gasteiger partial charge in [0, 0.05) is 24.6 Å². The maximum absolute atomic E-state index is 11.9. The molecule has 0 unspecified atom stereocenters. The van der Waals surface area contributed by atoms with Gasteiger partial charge in [0.2, 0.25) is 5.91 Å². The van der Waals surface area contributed by atoms with Gasteiger partial charge < -0.3 is 10.6 Å². The van der Waals surface area contributed by atoms with E-state index in [1.807, 2.05) is 24.3 Å². The van der Waals surface area contributed by atoms with Crippen molar-refractivity contribution in [2.24, 2.45) is 0 Å². The molecule has 4 nitrogen and oxygen atoms in total. The van der Waals surface area contributed by atoms with Crippen LogP contribution in [0.1, 0.15) is 31.9 Å². The van der Waals surface area contributed by atoms with Gasteiger partial charge >= 0.3 is 0 Å². The summed E-state index contributed by atoms with van der Waals surface area (Å²) in [4.78, 5) is 15.9. The smallest absolute Gasteiger partial charge is 0.238 e. The van der Waals surface area contributed by atoms with E-state index in [1.165, 1.54) is 5.56 Å². The Labute approximate surface area is 132 Å². The molecule has 0 aliphatic rings. The van der Waals surface area contributed by atoms with Crippen LogP contribution < -0.4 is 10.6 Å². The lowest BCUT2D eigenvalue weighted by Crippen LogP contribution is -2.27. The van der Waals surface area contributed by atoms with Gasteiger partial charge in [0.15, 0.2) is 0 Å². The molecule has 1 aromatic carbocycles. The first-order chi connectivity index (χ1) is 10.4. The molecule has 1 amide bonds. The fourth-order valence-corrected chi connectivity index (χ4v) is 2.08. The number of pyridine rings is 1. The van der Waals surface area contributed by atoms with Crippen LogP contribution in [0, 0.1) is 0 Å². The van der Waals surface area contributed by atoms with Crippen molar-refractivity contribution < 1.29 is 4.79 Å². The predicted molar refractivity (Wildman–Crippen MR) is 89.7 cm³/mol. The normalized spacial score (nSPS) is 11.2. The Morgan fingerprint density at radius 2 is 1.68 bits per heavy atom. The summed E-state index contributed by atoms with van der Waals surface area (Å²) in [5.74, 6) is -0.0439. The van der Waals surface area contributed by atoms with E-state index in [0.29, 0.717) is 6.54 Å². The molecule has 2 rings (SSSR count). The Bertz CT molecular complexity index is 600. The van der Waals surface area contributed by atoms with Gasteiger partial charge in [-0.1, -0.05) is 32.9 Å². The van der Waals surface area contributed by atoms with E-state index in [2.05, 4.69) is 48.5 Å². The quantitative estimate of drug-likeness (QED) is 0.891. The van der Waals surface area contributed by atoms with Crippen molar-refractivity contribution in [1.29, 1.82) is 0 Å². The van der Waals surface area contributed by atoms with Gasteiger partial charge in [-0.05, 0) is 40.8 Å². The number of hydrogen-bond acceptors (Lipinski definition) is 3. The number of amides is 1. The molecular weight excluding hydrogens is 274 g/mol. The predicted octanol–water partition coefficient (Wildman–Crippen LogP) is 3.11. The molecule has 0 radical (unpaired) electrons. The van der Waals surface area contributed by atoms with Crippen LogP contribution in [0.2, 0.25) is 0 Å². The monoisotopic (exact) mass is 297 g/mol. The van der Waals surface area contributed by atoms with Crippen molar-refractivity contribution in [2.45, 2.75) is 32.7 Å². The molecule has 1 heterocycles. The van der Waals surface area contributed by atoms with Gasteiger partial charge in [0.1, 0.15) is 0 Å². The van der Waals surface area contributed by atoms with E-state index in [4.69, 9.17) is 0 Å². The maximum Gasteiger partial charge on any atom is 0.238 e. The van der Waals surface area contributed by atoms with Crippen LogP contribution in [-0.2, 0) is 16.8 Å². The number of benzene rings is 1. The lowest BCUT2D eigenvalue weighted by atomic mass is 9.87. The summed E-state index contributed by atoms with van der Waals surface area (Å²) < 4.78 is 0. The molecule has 0 spiro atoms. The topological polar surface area (TPSA) is 54.0 Å². The van der Waals surface area contributed by atoms with Crippen LogP contribution in [0.25, 0.3) is 0 Å². The fourth-order valence-electron chi connectivity index (χ4n) is 2.08. The van der Waals surface area contributed by atoms with E-state index in [0.717, 1.165) is 11.3 Å². The van der Waals surface area contributed by atoms with Crippen molar-refractivity contribution in [2.75, 3.05) is 11.9 Å². The average molecular weight is 297 g/mol. The molecular formula is C18H23N3O. The zero-order valence-corrected chi connectivity index (χ0v) is 13.4. The zero-order valence-electron chi connectivity index (χ0n) is 13.4. The molecule has 2 aromatic rings. The summed E-state index contributed by atoms with van der Waals surface area (Å²) in [6, 6.07) is 11.9. The minimum absolute atomic E-state index is 0.0439. The molecule has 0 saturated heterocycles. The van der Waals surface area contributed by atoms with E-state index in [1.54, 1.807) is 12.4 Å². The lowest BCUT2D eigenvalue weighted by Gasteiger charge is -2.19. The summed E-state index contributed by atoms with van der Waals surface area (Å²) in [6.45, 7) is 7.44. The Morgan fingerprint density at radius 1 is 1.05 bits per heavy atom. The number of nitrogens with one attached hydrogen (secondary N) is 2. The molecule has 0 fully saturated rings. The molecule has 0 bridgehead atoms. The summed E-state index contributed by atoms with van der Waals surface area (Å²) in [7, 11) is 0. The second kappa shape index (κ2) is 7.18. The number of nitrogens with zero attached hydrogens (tertiary/aromatic N) is 1. The van der Waals surface area contributed by atoms with Gasteiger partial charge in [0.25, 0.3) is 0 Å². The Kier molecular flexibility index (Phi) is 5.28. The Hall–Kier alpha value is -2.20. The summed E-state index contributed by atoms with van der Waals surface area (Å²) in [5.41, 5.74) is 3.30. The summed E-state index contributed by atoms with van der Waals surface area (Å²) in [5, 5.41) is 6.01. The number of anilines is 1. The Morgan fingerprint density at radius 3 is 2.27 bits per heavy atom. The van der Waals surface area contributed by atoms with Crippen molar-refractivity contribution >= 4 is 11.6 Å². The summed E-state index contributed by atoms with van der Waals surface area (Å²) in [6.07, 6.45) is 3.49. The maximum atomic E-state index is 11.9. The fraction of sp³-hybridized carbons (Fsp3) is 0.333. The molecule has 4 heteroatoms. The molecule has 0 atom stereocenters. The largest absolute Gasteiger partial charge is 0.325 e. The lowest BCUT2D eigenvalue weighted by molar-refractivity contribution is -0.115. The van der Waals surface area contributed by atoms with Gasteiger partial charge in [-0.2, -0.15) is 0 Å². The SMILES string of the molecule is CC(C)(C)c1ccc(NC(=O)CNCc2ccncc2)cc1. The molecule has 22 heavy (non-hydrogen) atoms. The van der Waals surface area contributed by atoms with E-state index < -0.39 is 0 Å². The van der Waals surface area contributed by atoms with E-state index in [9.17, 15) is 4.79 Å². The highest BCUT2D eigenvalue weighted by Crippen LogP contribution is 2.23. The van der Waals surface area contributed by atoms with Crippen LogP contribution in [-0.4, -0.2) is 17.4 Å². The number of carbonyl (C=O) groups is 1. The standard InChI is InChI=1S/C18H23N3O/c1-18(2,3)15-4-6-16(7-5-15)21-17(22)13-20-12-14-8-10-19-11-9-14/h4-11,20H,12-13H2,1-3H3,(H,21,22). The van der Waals surface area contributed by atoms with Crippen molar-refractivity contribution in [3.05, 3.63) is 59.9 Å². The average Bonchev–Trinajstić information content (AvgIpc) is 2.48. The van der Waals surface area contributed by atoms with Crippen LogP contribution in [0.3, 0.4) is 0 Å². The zero-order chi connectivity index (χ0) is 16.0. The van der Waals surface area contributed by atoms with Crippen LogP contribution in [0.5, 0.6) is 0 Å². The minimum Gasteiger partial charge on any atom is -0.325 e. The molecule has 0 aliphatic heterocycles. The van der Waals surface area contributed by atoms with E-state index >= 15 is 0 Å². The minimum atomic E-state index is -0.0439. The number of rotatable bonds is 5. The summed E-state index contributed by atoms with van der Waals surface area (Å²) >= 11 is 0. The molecule has 116 valence electrons. The van der Waals surface area contributed by atoms with Crippen molar-refractivity contribution in [3.63, 3.8) is 0 Å². The van der Waals surface area contributed by atoms with Crippen molar-refractivity contribution in [1.82, 2.24) is 10.3 Å². The Balaban J connectivity index is 1.79. The third-order valence-electron chi connectivity index (χ3n) is 3.40. The first-order valence-corrected chi connectivity index (χ1v) is 7.45. The molecule has 1 aromatic heterocycles. The molecule has 2 N–H and O–H groups in total. The van der Waals surface area contributed by atoms with E-state index in [-0.39, 0.29) is 17.9 Å². The number of hydrogen-bond donors (Lipinski definition) is 2. The first-order valence-electron chi connectivity index (χ1n) is 7.45. The second-order valence-corrected chi connectivity index (χ2v) is 6.33. The molecule has 0 saturated carbocycles. The van der Waals surface area contributed by atoms with Gasteiger partial charge in [-0.15, -0.1) is 0 Å². The highest BCUT2D eigenvalue weighted by molar-refractivity contribution is 5.92. The number of aromatic nitrogens is 1. The highest BCUT2D eigenvalue weighted by atomic mass is 16.1. The highest BCUT2D eigenvalue weighted by Gasteiger charge is 2.13. The van der Waals surface area contributed by atoms with Gasteiger partial charge in [-0.25, -0.2) is 0 Å². The third-order valence-corrected chi connectivity index (χ3v) is 3.40. The van der Waals surface area contributed by atoms with Crippen LogP contribution >= 0.6 is 0 Å². The number of carbonyl (C=O) groups excluding carboxylic acids is 1.